The quantitative estimate of drug-likeness (QED) is 0.554. The molecular weight excluding hydrogens is 160 g/mol. The largest absolute Gasteiger partial charge is 0.294 e. The van der Waals surface area contributed by atoms with Crippen LogP contribution >= 0.6 is 0 Å². The topological polar surface area (TPSA) is 17.1 Å². The van der Waals surface area contributed by atoms with Crippen LogP contribution in [0.3, 0.4) is 0 Å². The van der Waals surface area contributed by atoms with Gasteiger partial charge in [0.05, 0.1) is 0 Å². The standard InChI is InChI=1S/C12H16O/c13-12-8-7-10-5-3-1-2-4-6-11(10)9-12/h7-8H,1-6,9H2. The summed E-state index contributed by atoms with van der Waals surface area (Å²) in [7, 11) is 0. The normalized spacial score (nSPS) is 23.8. The molecule has 0 saturated carbocycles. The lowest BCUT2D eigenvalue weighted by atomic mass is 9.87. The van der Waals surface area contributed by atoms with Crippen molar-refractivity contribution in [3.63, 3.8) is 0 Å². The molecule has 0 heterocycles. The van der Waals surface area contributed by atoms with E-state index in [1.807, 2.05) is 6.08 Å². The van der Waals surface area contributed by atoms with E-state index < -0.39 is 0 Å². The number of carbonyl (C=O) groups is 1. The van der Waals surface area contributed by atoms with Crippen LogP contribution in [-0.4, -0.2) is 5.78 Å². The van der Waals surface area contributed by atoms with Gasteiger partial charge in [-0.2, -0.15) is 0 Å². The van der Waals surface area contributed by atoms with Gasteiger partial charge in [-0.1, -0.05) is 24.5 Å². The molecule has 1 nitrogen and oxygen atoms in total. The Morgan fingerprint density at radius 2 is 1.69 bits per heavy atom. The molecule has 0 N–H and O–H groups in total. The molecule has 0 aromatic heterocycles. The van der Waals surface area contributed by atoms with E-state index >= 15 is 0 Å². The van der Waals surface area contributed by atoms with Gasteiger partial charge in [0.1, 0.15) is 0 Å². The molecule has 0 fully saturated rings. The lowest BCUT2D eigenvalue weighted by Gasteiger charge is -2.18. The molecule has 0 saturated heterocycles. The van der Waals surface area contributed by atoms with Gasteiger partial charge in [0, 0.05) is 6.42 Å². The Balaban J connectivity index is 2.17. The fourth-order valence-corrected chi connectivity index (χ4v) is 2.21. The van der Waals surface area contributed by atoms with Crippen molar-refractivity contribution in [1.82, 2.24) is 0 Å². The summed E-state index contributed by atoms with van der Waals surface area (Å²) in [5.74, 6) is 0.291. The zero-order valence-corrected chi connectivity index (χ0v) is 8.01. The van der Waals surface area contributed by atoms with E-state index in [2.05, 4.69) is 0 Å². The van der Waals surface area contributed by atoms with Crippen LogP contribution in [0, 0.1) is 0 Å². The Hall–Kier alpha value is -0.850. The molecular formula is C12H16O. The van der Waals surface area contributed by atoms with Gasteiger partial charge in [0.2, 0.25) is 0 Å². The lowest BCUT2D eigenvalue weighted by Crippen LogP contribution is -2.06. The van der Waals surface area contributed by atoms with E-state index in [1.165, 1.54) is 43.3 Å². The van der Waals surface area contributed by atoms with Crippen molar-refractivity contribution in [3.8, 4) is 0 Å². The van der Waals surface area contributed by atoms with Gasteiger partial charge >= 0.3 is 0 Å². The van der Waals surface area contributed by atoms with Crippen molar-refractivity contribution in [1.29, 1.82) is 0 Å². The first-order valence-corrected chi connectivity index (χ1v) is 5.28. The minimum Gasteiger partial charge on any atom is -0.294 e. The number of carbonyl (C=O) groups excluding carboxylic acids is 1. The average Bonchev–Trinajstić information content (AvgIpc) is 2.08. The highest BCUT2D eigenvalue weighted by molar-refractivity contribution is 5.93. The summed E-state index contributed by atoms with van der Waals surface area (Å²) in [5.41, 5.74) is 2.88. The van der Waals surface area contributed by atoms with E-state index in [0.29, 0.717) is 12.2 Å². The number of allylic oxidation sites excluding steroid dienone is 4. The highest BCUT2D eigenvalue weighted by Crippen LogP contribution is 2.28. The van der Waals surface area contributed by atoms with E-state index in [-0.39, 0.29) is 0 Å². The molecule has 0 unspecified atom stereocenters. The number of hydrogen-bond donors (Lipinski definition) is 0. The predicted octanol–water partition coefficient (Wildman–Crippen LogP) is 3.17. The molecule has 0 aromatic rings. The van der Waals surface area contributed by atoms with Gasteiger partial charge in [-0.15, -0.1) is 0 Å². The Morgan fingerprint density at radius 3 is 2.54 bits per heavy atom. The zero-order valence-electron chi connectivity index (χ0n) is 8.01. The summed E-state index contributed by atoms with van der Waals surface area (Å²) < 4.78 is 0. The second kappa shape index (κ2) is 3.91. The second-order valence-electron chi connectivity index (χ2n) is 4.02. The van der Waals surface area contributed by atoms with Gasteiger partial charge in [0.15, 0.2) is 5.78 Å². The molecule has 2 aliphatic carbocycles. The summed E-state index contributed by atoms with van der Waals surface area (Å²) >= 11 is 0. The first-order chi connectivity index (χ1) is 6.36. The Bertz CT molecular complexity index is 271. The molecule has 0 radical (unpaired) electrons. The fourth-order valence-electron chi connectivity index (χ4n) is 2.21. The van der Waals surface area contributed by atoms with Crippen LogP contribution < -0.4 is 0 Å². The van der Waals surface area contributed by atoms with Crippen molar-refractivity contribution in [2.45, 2.75) is 44.9 Å². The Kier molecular flexibility index (Phi) is 2.62. The highest BCUT2D eigenvalue weighted by Gasteiger charge is 2.14. The van der Waals surface area contributed by atoms with Gasteiger partial charge in [0.25, 0.3) is 0 Å². The first-order valence-electron chi connectivity index (χ1n) is 5.28. The molecule has 13 heavy (non-hydrogen) atoms. The summed E-state index contributed by atoms with van der Waals surface area (Å²) in [4.78, 5) is 11.2. The number of rotatable bonds is 0. The maximum Gasteiger partial charge on any atom is 0.159 e. The van der Waals surface area contributed by atoms with Gasteiger partial charge in [-0.3, -0.25) is 4.79 Å². The van der Waals surface area contributed by atoms with Crippen LogP contribution in [0.25, 0.3) is 0 Å². The molecule has 0 spiro atoms. The number of hydrogen-bond acceptors (Lipinski definition) is 1. The molecule has 0 atom stereocenters. The average molecular weight is 176 g/mol. The van der Waals surface area contributed by atoms with Crippen molar-refractivity contribution in [3.05, 3.63) is 23.3 Å². The molecule has 1 heteroatoms. The third-order valence-electron chi connectivity index (χ3n) is 2.99. The smallest absolute Gasteiger partial charge is 0.159 e. The summed E-state index contributed by atoms with van der Waals surface area (Å²) in [6, 6.07) is 0. The van der Waals surface area contributed by atoms with Gasteiger partial charge < -0.3 is 0 Å². The Labute approximate surface area is 79.5 Å². The van der Waals surface area contributed by atoms with E-state index in [0.717, 1.165) is 6.42 Å². The van der Waals surface area contributed by atoms with Crippen molar-refractivity contribution in [2.24, 2.45) is 0 Å². The van der Waals surface area contributed by atoms with Crippen LogP contribution in [-0.2, 0) is 4.79 Å². The molecule has 2 rings (SSSR count). The fraction of sp³-hybridized carbons (Fsp3) is 0.583. The molecule has 0 bridgehead atoms. The predicted molar refractivity (Wildman–Crippen MR) is 53.5 cm³/mol. The van der Waals surface area contributed by atoms with Crippen molar-refractivity contribution < 1.29 is 4.79 Å². The van der Waals surface area contributed by atoms with Crippen LogP contribution in [0.2, 0.25) is 0 Å². The summed E-state index contributed by atoms with van der Waals surface area (Å²) in [5, 5.41) is 0. The summed E-state index contributed by atoms with van der Waals surface area (Å²) in [6.07, 6.45) is 12.1. The van der Waals surface area contributed by atoms with Gasteiger partial charge in [-0.25, -0.2) is 0 Å². The monoisotopic (exact) mass is 176 g/mol. The molecule has 2 aliphatic rings. The van der Waals surface area contributed by atoms with E-state index in [1.54, 1.807) is 6.08 Å². The molecule has 70 valence electrons. The highest BCUT2D eigenvalue weighted by atomic mass is 16.1. The minimum atomic E-state index is 0.291. The third-order valence-corrected chi connectivity index (χ3v) is 2.99. The maximum atomic E-state index is 11.2. The van der Waals surface area contributed by atoms with Crippen molar-refractivity contribution >= 4 is 5.78 Å². The van der Waals surface area contributed by atoms with Crippen LogP contribution in [0.5, 0.6) is 0 Å². The van der Waals surface area contributed by atoms with E-state index in [4.69, 9.17) is 0 Å². The zero-order chi connectivity index (χ0) is 9.10. The SMILES string of the molecule is O=C1C=CC2=C(CCCCCC2)C1. The van der Waals surface area contributed by atoms with E-state index in [9.17, 15) is 4.79 Å². The van der Waals surface area contributed by atoms with Crippen LogP contribution in [0.4, 0.5) is 0 Å². The third kappa shape index (κ3) is 2.09. The Morgan fingerprint density at radius 1 is 0.923 bits per heavy atom. The second-order valence-corrected chi connectivity index (χ2v) is 4.02. The molecule has 0 amide bonds. The minimum absolute atomic E-state index is 0.291. The van der Waals surface area contributed by atoms with Crippen LogP contribution in [0.1, 0.15) is 44.9 Å². The molecule has 0 aliphatic heterocycles. The maximum absolute atomic E-state index is 11.2. The lowest BCUT2D eigenvalue weighted by molar-refractivity contribution is -0.114. The van der Waals surface area contributed by atoms with Crippen molar-refractivity contribution in [2.75, 3.05) is 0 Å². The van der Waals surface area contributed by atoms with Crippen LogP contribution in [0.15, 0.2) is 23.3 Å². The van der Waals surface area contributed by atoms with Gasteiger partial charge in [-0.05, 0) is 37.3 Å². The number of ketones is 1. The molecule has 0 aromatic carbocycles. The summed E-state index contributed by atoms with van der Waals surface area (Å²) in [6.45, 7) is 0. The first kappa shape index (κ1) is 8.74.